The summed E-state index contributed by atoms with van der Waals surface area (Å²) in [6.45, 7) is 1.56. The molecule has 1 aromatic heterocycles. The van der Waals surface area contributed by atoms with Crippen LogP contribution in [0, 0.1) is 0 Å². The lowest BCUT2D eigenvalue weighted by Gasteiger charge is -2.09. The molecule has 0 aliphatic carbocycles. The first-order valence-electron chi connectivity index (χ1n) is 6.08. The van der Waals surface area contributed by atoms with Crippen LogP contribution < -0.4 is 10.0 Å². The Bertz CT molecular complexity index is 734. The number of rotatable bonds is 5. The lowest BCUT2D eigenvalue weighted by molar-refractivity contribution is 0.602. The molecular formula is C13H13Cl2N3O2S. The molecule has 0 bridgehead atoms. The highest BCUT2D eigenvalue weighted by molar-refractivity contribution is 7.92. The van der Waals surface area contributed by atoms with E-state index in [1.807, 2.05) is 0 Å². The monoisotopic (exact) mass is 345 g/mol. The number of benzene rings is 1. The number of halogens is 2. The summed E-state index contributed by atoms with van der Waals surface area (Å²) in [5.41, 5.74) is 1.07. The molecule has 0 fully saturated rings. The Labute approximate surface area is 133 Å². The van der Waals surface area contributed by atoms with Crippen molar-refractivity contribution in [3.05, 3.63) is 46.6 Å². The second kappa shape index (κ2) is 6.51. The number of sulfonamides is 1. The Balaban J connectivity index is 2.12. The molecule has 0 aliphatic rings. The van der Waals surface area contributed by atoms with E-state index in [1.165, 1.54) is 6.20 Å². The van der Waals surface area contributed by atoms with Crippen molar-refractivity contribution in [2.24, 2.45) is 0 Å². The van der Waals surface area contributed by atoms with Crippen LogP contribution in [0.15, 0.2) is 36.5 Å². The minimum Gasteiger partial charge on any atom is -0.339 e. The van der Waals surface area contributed by atoms with Crippen LogP contribution in [0.5, 0.6) is 0 Å². The van der Waals surface area contributed by atoms with E-state index in [4.69, 9.17) is 23.2 Å². The number of aromatic nitrogens is 1. The quantitative estimate of drug-likeness (QED) is 0.862. The smallest absolute Gasteiger partial charge is 0.232 e. The molecule has 0 radical (unpaired) electrons. The number of anilines is 3. The summed E-state index contributed by atoms with van der Waals surface area (Å²) in [7, 11) is -3.30. The summed E-state index contributed by atoms with van der Waals surface area (Å²) in [6, 6.07) is 8.33. The van der Waals surface area contributed by atoms with Crippen LogP contribution in [-0.2, 0) is 10.0 Å². The van der Waals surface area contributed by atoms with Gasteiger partial charge >= 0.3 is 0 Å². The molecule has 0 atom stereocenters. The molecule has 8 heteroatoms. The fraction of sp³-hybridized carbons (Fsp3) is 0.154. The van der Waals surface area contributed by atoms with Gasteiger partial charge in [-0.2, -0.15) is 0 Å². The van der Waals surface area contributed by atoms with Crippen molar-refractivity contribution in [1.29, 1.82) is 0 Å². The highest BCUT2D eigenvalue weighted by Crippen LogP contribution is 2.27. The summed E-state index contributed by atoms with van der Waals surface area (Å²) in [4.78, 5) is 4.13. The number of nitrogens with one attached hydrogen (secondary N) is 2. The third-order valence-electron chi connectivity index (χ3n) is 2.61. The van der Waals surface area contributed by atoms with Crippen LogP contribution in [0.3, 0.4) is 0 Å². The molecule has 0 spiro atoms. The average Bonchev–Trinajstić information content (AvgIpc) is 2.44. The molecule has 0 saturated carbocycles. The first-order valence-corrected chi connectivity index (χ1v) is 8.49. The average molecular weight is 346 g/mol. The normalized spacial score (nSPS) is 11.2. The van der Waals surface area contributed by atoms with Crippen LogP contribution in [0.4, 0.5) is 17.2 Å². The van der Waals surface area contributed by atoms with Crippen molar-refractivity contribution in [1.82, 2.24) is 4.98 Å². The summed E-state index contributed by atoms with van der Waals surface area (Å²) in [6.07, 6.45) is 1.43. The number of hydrogen-bond acceptors (Lipinski definition) is 4. The van der Waals surface area contributed by atoms with Crippen molar-refractivity contribution in [3.8, 4) is 0 Å². The highest BCUT2D eigenvalue weighted by Gasteiger charge is 2.07. The summed E-state index contributed by atoms with van der Waals surface area (Å²) >= 11 is 11.9. The molecule has 2 aromatic rings. The minimum atomic E-state index is -3.30. The Morgan fingerprint density at radius 3 is 2.52 bits per heavy atom. The molecular weight excluding hydrogens is 333 g/mol. The Morgan fingerprint density at radius 1 is 1.19 bits per heavy atom. The fourth-order valence-electron chi connectivity index (χ4n) is 1.51. The molecule has 2 N–H and O–H groups in total. The lowest BCUT2D eigenvalue weighted by Crippen LogP contribution is -2.14. The van der Waals surface area contributed by atoms with Crippen molar-refractivity contribution in [2.45, 2.75) is 6.92 Å². The van der Waals surface area contributed by atoms with Crippen molar-refractivity contribution < 1.29 is 8.42 Å². The third kappa shape index (κ3) is 4.49. The first-order chi connectivity index (χ1) is 9.89. The van der Waals surface area contributed by atoms with Crippen molar-refractivity contribution in [2.75, 3.05) is 15.8 Å². The zero-order valence-corrected chi connectivity index (χ0v) is 13.4. The number of nitrogens with zero attached hydrogens (tertiary/aromatic N) is 1. The van der Waals surface area contributed by atoms with Gasteiger partial charge in [0.1, 0.15) is 5.82 Å². The Hall–Kier alpha value is -1.50. The van der Waals surface area contributed by atoms with Gasteiger partial charge in [0.25, 0.3) is 0 Å². The molecule has 5 nitrogen and oxygen atoms in total. The van der Waals surface area contributed by atoms with E-state index >= 15 is 0 Å². The van der Waals surface area contributed by atoms with Crippen molar-refractivity contribution in [3.63, 3.8) is 0 Å². The van der Waals surface area contributed by atoms with Gasteiger partial charge in [0.05, 0.1) is 28.3 Å². The molecule has 2 rings (SSSR count). The van der Waals surface area contributed by atoms with Crippen LogP contribution >= 0.6 is 23.2 Å². The summed E-state index contributed by atoms with van der Waals surface area (Å²) < 4.78 is 25.3. The Morgan fingerprint density at radius 2 is 1.95 bits per heavy atom. The van der Waals surface area contributed by atoms with E-state index in [1.54, 1.807) is 37.3 Å². The van der Waals surface area contributed by atoms with Gasteiger partial charge in [-0.15, -0.1) is 0 Å². The van der Waals surface area contributed by atoms with Crippen LogP contribution in [-0.4, -0.2) is 19.2 Å². The number of hydrogen-bond donors (Lipinski definition) is 2. The summed E-state index contributed by atoms with van der Waals surface area (Å²) in [5.74, 6) is 0.548. The van der Waals surface area contributed by atoms with E-state index in [2.05, 4.69) is 15.0 Å². The van der Waals surface area contributed by atoms with Gasteiger partial charge in [-0.3, -0.25) is 4.72 Å². The van der Waals surface area contributed by atoms with E-state index in [0.717, 1.165) is 0 Å². The molecule has 0 saturated heterocycles. The maximum absolute atomic E-state index is 11.4. The highest BCUT2D eigenvalue weighted by atomic mass is 35.5. The maximum atomic E-state index is 11.4. The molecule has 0 amide bonds. The predicted molar refractivity (Wildman–Crippen MR) is 87.1 cm³/mol. The third-order valence-corrected chi connectivity index (χ3v) is 4.47. The molecule has 1 heterocycles. The van der Waals surface area contributed by atoms with Gasteiger partial charge in [-0.1, -0.05) is 23.2 Å². The molecule has 21 heavy (non-hydrogen) atoms. The van der Waals surface area contributed by atoms with E-state index in [9.17, 15) is 8.42 Å². The van der Waals surface area contributed by atoms with Gasteiger partial charge < -0.3 is 5.32 Å². The maximum Gasteiger partial charge on any atom is 0.232 e. The predicted octanol–water partition coefficient (Wildman–Crippen LogP) is 3.89. The SMILES string of the molecule is CCS(=O)(=O)Nc1ccc(Nc2ccc(Cl)cc2Cl)nc1. The second-order valence-electron chi connectivity index (χ2n) is 4.19. The van der Waals surface area contributed by atoms with Crippen molar-refractivity contribution >= 4 is 50.4 Å². The zero-order chi connectivity index (χ0) is 15.5. The van der Waals surface area contributed by atoms with Gasteiger partial charge in [-0.05, 0) is 37.3 Å². The molecule has 0 unspecified atom stereocenters. The Kier molecular flexibility index (Phi) is 4.92. The van der Waals surface area contributed by atoms with Crippen LogP contribution in [0.25, 0.3) is 0 Å². The van der Waals surface area contributed by atoms with Crippen LogP contribution in [0.1, 0.15) is 6.92 Å². The zero-order valence-electron chi connectivity index (χ0n) is 11.1. The molecule has 0 aliphatic heterocycles. The summed E-state index contributed by atoms with van der Waals surface area (Å²) in [5, 5.41) is 4.04. The largest absolute Gasteiger partial charge is 0.339 e. The topological polar surface area (TPSA) is 71.1 Å². The second-order valence-corrected chi connectivity index (χ2v) is 7.04. The lowest BCUT2D eigenvalue weighted by atomic mass is 10.3. The standard InChI is InChI=1S/C13H13Cl2N3O2S/c1-2-21(19,20)18-10-4-6-13(16-8-10)17-12-5-3-9(14)7-11(12)15/h3-8,18H,2H2,1H3,(H,16,17). The van der Waals surface area contributed by atoms with E-state index < -0.39 is 10.0 Å². The fourth-order valence-corrected chi connectivity index (χ4v) is 2.59. The van der Waals surface area contributed by atoms with E-state index in [0.29, 0.717) is 27.2 Å². The van der Waals surface area contributed by atoms with Crippen LogP contribution in [0.2, 0.25) is 10.0 Å². The van der Waals surface area contributed by atoms with Gasteiger partial charge in [0.2, 0.25) is 10.0 Å². The number of pyridine rings is 1. The minimum absolute atomic E-state index is 0.00733. The van der Waals surface area contributed by atoms with Gasteiger partial charge in [0.15, 0.2) is 0 Å². The molecule has 1 aromatic carbocycles. The first kappa shape index (κ1) is 15.9. The van der Waals surface area contributed by atoms with Gasteiger partial charge in [0, 0.05) is 5.02 Å². The van der Waals surface area contributed by atoms with E-state index in [-0.39, 0.29) is 5.75 Å². The molecule has 112 valence electrons. The van der Waals surface area contributed by atoms with Gasteiger partial charge in [-0.25, -0.2) is 13.4 Å².